The Morgan fingerprint density at radius 3 is 2.80 bits per heavy atom. The smallest absolute Gasteiger partial charge is 0.368 e. The third kappa shape index (κ3) is 2.67. The van der Waals surface area contributed by atoms with E-state index in [0.717, 1.165) is 4.90 Å². The van der Waals surface area contributed by atoms with Gasteiger partial charge in [-0.1, -0.05) is 0 Å². The van der Waals surface area contributed by atoms with Crippen LogP contribution in [0.1, 0.15) is 25.1 Å². The molecule has 3 rings (SSSR count). The van der Waals surface area contributed by atoms with Gasteiger partial charge in [-0.25, -0.2) is 4.79 Å². The van der Waals surface area contributed by atoms with Crippen LogP contribution in [0.2, 0.25) is 0 Å². The number of amides is 2. The third-order valence-corrected chi connectivity index (χ3v) is 5.85. The van der Waals surface area contributed by atoms with Crippen molar-refractivity contribution in [2.45, 2.75) is 24.9 Å². The van der Waals surface area contributed by atoms with Crippen molar-refractivity contribution >= 4 is 29.5 Å². The highest BCUT2D eigenvalue weighted by atomic mass is 32.2. The first kappa shape index (κ1) is 18.0. The van der Waals surface area contributed by atoms with E-state index in [2.05, 4.69) is 0 Å². The molecule has 4 atom stereocenters. The molecule has 3 heterocycles. The van der Waals surface area contributed by atoms with Crippen molar-refractivity contribution in [3.63, 3.8) is 0 Å². The maximum absolute atomic E-state index is 12.9. The van der Waals surface area contributed by atoms with E-state index < -0.39 is 29.4 Å². The maximum Gasteiger partial charge on any atom is 0.368 e. The Labute approximate surface area is 150 Å². The average Bonchev–Trinajstić information content (AvgIpc) is 3.28. The van der Waals surface area contributed by atoms with Gasteiger partial charge in [0.15, 0.2) is 11.8 Å². The lowest BCUT2D eigenvalue weighted by molar-refractivity contribution is -0.736. The van der Waals surface area contributed by atoms with Gasteiger partial charge < -0.3 is 14.5 Å². The molecule has 2 saturated heterocycles. The Balaban J connectivity index is 2.09. The fourth-order valence-corrected chi connectivity index (χ4v) is 4.62. The van der Waals surface area contributed by atoms with Crippen LogP contribution in [0.15, 0.2) is 22.8 Å². The lowest BCUT2D eigenvalue weighted by Crippen LogP contribution is -2.98. The molecule has 0 aliphatic carbocycles. The van der Waals surface area contributed by atoms with Crippen LogP contribution in [0, 0.1) is 11.8 Å². The van der Waals surface area contributed by atoms with Crippen molar-refractivity contribution in [2.75, 3.05) is 25.7 Å². The second kappa shape index (κ2) is 6.84. The van der Waals surface area contributed by atoms with Gasteiger partial charge in [0.25, 0.3) is 0 Å². The summed E-state index contributed by atoms with van der Waals surface area (Å²) in [6.45, 7) is 1.97. The van der Waals surface area contributed by atoms with Gasteiger partial charge in [0, 0.05) is 13.5 Å². The highest BCUT2D eigenvalue weighted by Crippen LogP contribution is 2.45. The Bertz CT molecular complexity index is 677. The molecule has 0 spiro atoms. The van der Waals surface area contributed by atoms with Crippen molar-refractivity contribution in [1.29, 1.82) is 0 Å². The number of rotatable bonds is 6. The van der Waals surface area contributed by atoms with Gasteiger partial charge in [0.05, 0.1) is 12.9 Å². The average molecular weight is 367 g/mol. The summed E-state index contributed by atoms with van der Waals surface area (Å²) in [5.41, 5.74) is -1.10. The predicted octanol–water partition coefficient (Wildman–Crippen LogP) is 0.184. The second-order valence-corrected chi connectivity index (χ2v) is 7.44. The predicted molar refractivity (Wildman–Crippen MR) is 90.5 cm³/mol. The summed E-state index contributed by atoms with van der Waals surface area (Å²) in [7, 11) is 1.48. The molecule has 2 fully saturated rings. The van der Waals surface area contributed by atoms with E-state index in [9.17, 15) is 14.4 Å². The first-order chi connectivity index (χ1) is 12.0. The molecule has 7 nitrogen and oxygen atoms in total. The zero-order valence-electron chi connectivity index (χ0n) is 14.6. The molecule has 8 heteroatoms. The number of esters is 1. The highest BCUT2D eigenvalue weighted by molar-refractivity contribution is 7.98. The van der Waals surface area contributed by atoms with Crippen LogP contribution in [0.4, 0.5) is 0 Å². The number of nitrogens with two attached hydrogens (primary N) is 1. The Kier molecular flexibility index (Phi) is 4.92. The molecule has 0 radical (unpaired) electrons. The molecule has 1 aromatic heterocycles. The molecule has 2 aliphatic heterocycles. The van der Waals surface area contributed by atoms with E-state index in [1.807, 2.05) is 11.6 Å². The number of thioether (sulfide) groups is 1. The maximum atomic E-state index is 12.9. The monoisotopic (exact) mass is 367 g/mol. The number of nitrogens with zero attached hydrogens (tertiary/aromatic N) is 1. The van der Waals surface area contributed by atoms with Crippen molar-refractivity contribution in [1.82, 2.24) is 4.90 Å². The third-order valence-electron chi connectivity index (χ3n) is 5.24. The lowest BCUT2D eigenvalue weighted by Gasteiger charge is -2.28. The molecule has 25 heavy (non-hydrogen) atoms. The number of imide groups is 1. The van der Waals surface area contributed by atoms with E-state index in [1.165, 1.54) is 13.3 Å². The van der Waals surface area contributed by atoms with Crippen LogP contribution in [-0.4, -0.2) is 53.9 Å². The van der Waals surface area contributed by atoms with Crippen molar-refractivity contribution in [3.05, 3.63) is 24.2 Å². The van der Waals surface area contributed by atoms with Gasteiger partial charge in [-0.2, -0.15) is 11.8 Å². The number of likely N-dealkylation sites (tertiary alicyclic amines) is 1. The number of hydrogen-bond acceptors (Lipinski definition) is 6. The Hall–Kier alpha value is -1.80. The minimum atomic E-state index is -1.10. The number of carbonyl (C=O) groups is 3. The van der Waals surface area contributed by atoms with Gasteiger partial charge in [0.2, 0.25) is 17.4 Å². The molecule has 1 aromatic rings. The molecule has 2 N–H and O–H groups in total. The summed E-state index contributed by atoms with van der Waals surface area (Å²) in [4.78, 5) is 39.6. The van der Waals surface area contributed by atoms with Crippen LogP contribution in [-0.2, 0) is 19.1 Å². The first-order valence-corrected chi connectivity index (χ1v) is 9.74. The number of ether oxygens (including phenoxy) is 1. The molecule has 0 saturated carbocycles. The minimum absolute atomic E-state index is 0.231. The van der Waals surface area contributed by atoms with Gasteiger partial charge >= 0.3 is 5.97 Å². The fraction of sp³-hybridized carbons (Fsp3) is 0.588. The summed E-state index contributed by atoms with van der Waals surface area (Å²) < 4.78 is 10.8. The number of quaternary nitrogens is 1. The molecular formula is C17H23N2O5S+. The fourth-order valence-electron chi connectivity index (χ4n) is 4.08. The molecule has 2 aliphatic rings. The standard InChI is InChI=1S/C17H22N2O5S/c1-4-23-16(22)17(7-9-25-3)12-11(14(20)19(2)15(12)21)13(18-17)10-6-5-8-24-10/h5-6,8,11-13,18H,4,7,9H2,1-3H3/p+1/t11-,12-,13-,17-/m0/s1. The van der Waals surface area contributed by atoms with E-state index >= 15 is 0 Å². The topological polar surface area (TPSA) is 93.4 Å². The number of furan rings is 1. The number of carbonyl (C=O) groups excluding carboxylic acids is 3. The van der Waals surface area contributed by atoms with E-state index in [-0.39, 0.29) is 18.4 Å². The summed E-state index contributed by atoms with van der Waals surface area (Å²) >= 11 is 1.60. The van der Waals surface area contributed by atoms with Gasteiger partial charge in [-0.3, -0.25) is 14.5 Å². The second-order valence-electron chi connectivity index (χ2n) is 6.45. The summed E-state index contributed by atoms with van der Waals surface area (Å²) in [6, 6.07) is 3.12. The Morgan fingerprint density at radius 1 is 1.44 bits per heavy atom. The summed E-state index contributed by atoms with van der Waals surface area (Å²) in [6.07, 6.45) is 3.94. The largest absolute Gasteiger partial charge is 0.463 e. The highest BCUT2D eigenvalue weighted by Gasteiger charge is 2.72. The van der Waals surface area contributed by atoms with Crippen LogP contribution >= 0.6 is 11.8 Å². The molecule has 136 valence electrons. The molecule has 0 aromatic carbocycles. The van der Waals surface area contributed by atoms with Crippen LogP contribution in [0.25, 0.3) is 0 Å². The summed E-state index contributed by atoms with van der Waals surface area (Å²) in [5, 5.41) is 1.83. The molecular weight excluding hydrogens is 344 g/mol. The molecule has 0 bridgehead atoms. The Morgan fingerprint density at radius 2 is 2.20 bits per heavy atom. The van der Waals surface area contributed by atoms with Crippen LogP contribution in [0.3, 0.4) is 0 Å². The van der Waals surface area contributed by atoms with Crippen LogP contribution in [0.5, 0.6) is 0 Å². The van der Waals surface area contributed by atoms with Crippen molar-refractivity contribution < 1.29 is 28.9 Å². The van der Waals surface area contributed by atoms with Gasteiger partial charge in [-0.05, 0) is 31.1 Å². The molecule has 2 amide bonds. The quantitative estimate of drug-likeness (QED) is 0.570. The van der Waals surface area contributed by atoms with E-state index in [1.54, 1.807) is 30.8 Å². The zero-order valence-corrected chi connectivity index (χ0v) is 15.4. The first-order valence-electron chi connectivity index (χ1n) is 8.35. The van der Waals surface area contributed by atoms with Crippen LogP contribution < -0.4 is 5.32 Å². The molecule has 0 unspecified atom stereocenters. The van der Waals surface area contributed by atoms with Crippen molar-refractivity contribution in [3.8, 4) is 0 Å². The lowest BCUT2D eigenvalue weighted by atomic mass is 9.78. The van der Waals surface area contributed by atoms with Gasteiger partial charge in [-0.15, -0.1) is 0 Å². The minimum Gasteiger partial charge on any atom is -0.463 e. The zero-order chi connectivity index (χ0) is 18.2. The SMILES string of the molecule is CCOC(=O)[C@@]1(CCSC)[NH2+][C@@H](c2ccco2)[C@H]2C(=O)N(C)C(=O)[C@H]21. The van der Waals surface area contributed by atoms with Gasteiger partial charge in [0.1, 0.15) is 11.8 Å². The number of hydrogen-bond donors (Lipinski definition) is 1. The van der Waals surface area contributed by atoms with E-state index in [4.69, 9.17) is 9.15 Å². The van der Waals surface area contributed by atoms with Crippen molar-refractivity contribution in [2.24, 2.45) is 11.8 Å². The number of fused-ring (bicyclic) bond motifs is 1. The van der Waals surface area contributed by atoms with E-state index in [0.29, 0.717) is 17.9 Å². The normalized spacial score (nSPS) is 31.5. The summed E-state index contributed by atoms with van der Waals surface area (Å²) in [5.74, 6) is -1.06.